The summed E-state index contributed by atoms with van der Waals surface area (Å²) in [6, 6.07) is 3.25. The number of halogens is 2. The first-order chi connectivity index (χ1) is 9.00. The molecule has 6 heteroatoms. The van der Waals surface area contributed by atoms with Crippen molar-refractivity contribution in [3.63, 3.8) is 0 Å². The number of carboxylic acid groups (broad SMARTS) is 1. The molecule has 1 aromatic rings. The lowest BCUT2D eigenvalue weighted by molar-refractivity contribution is -0.150. The van der Waals surface area contributed by atoms with Gasteiger partial charge < -0.3 is 10.4 Å². The monoisotopic (exact) mass is 285 g/mol. The Morgan fingerprint density at radius 2 is 1.70 bits per heavy atom. The van der Waals surface area contributed by atoms with Crippen LogP contribution in [0.2, 0.25) is 0 Å². The van der Waals surface area contributed by atoms with Crippen LogP contribution in [-0.2, 0) is 4.79 Å². The van der Waals surface area contributed by atoms with Crippen LogP contribution in [-0.4, -0.2) is 22.5 Å². The molecule has 0 bridgehead atoms. The third kappa shape index (κ3) is 2.79. The van der Waals surface area contributed by atoms with Crippen LogP contribution in [0.3, 0.4) is 0 Å². The van der Waals surface area contributed by atoms with Gasteiger partial charge in [-0.2, -0.15) is 0 Å². The average molecular weight is 285 g/mol. The second kappa shape index (κ2) is 5.19. The van der Waals surface area contributed by atoms with E-state index in [0.29, 0.717) is 0 Å². The summed E-state index contributed by atoms with van der Waals surface area (Å²) in [5.74, 6) is -4.36. The lowest BCUT2D eigenvalue weighted by Gasteiger charge is -2.38. The van der Waals surface area contributed by atoms with Crippen molar-refractivity contribution in [1.29, 1.82) is 0 Å². The van der Waals surface area contributed by atoms with E-state index in [2.05, 4.69) is 5.32 Å². The fraction of sp³-hybridized carbons (Fsp3) is 0.429. The van der Waals surface area contributed by atoms with Gasteiger partial charge in [0.15, 0.2) is 11.6 Å². The van der Waals surface area contributed by atoms with Crippen LogP contribution in [0.25, 0.3) is 0 Å². The van der Waals surface area contributed by atoms with Crippen LogP contribution >= 0.6 is 0 Å². The SMILES string of the molecule is CC(C)(NC(=O)c1cccc(F)c1F)C(C)(C)C(=O)O. The minimum atomic E-state index is -1.29. The van der Waals surface area contributed by atoms with Gasteiger partial charge in [-0.15, -0.1) is 0 Å². The summed E-state index contributed by atoms with van der Waals surface area (Å²) in [5, 5.41) is 11.6. The molecule has 0 saturated heterocycles. The molecule has 2 N–H and O–H groups in total. The number of benzene rings is 1. The molecule has 110 valence electrons. The Morgan fingerprint density at radius 3 is 2.20 bits per heavy atom. The third-order valence-corrected chi connectivity index (χ3v) is 3.72. The molecular formula is C14H17F2NO3. The number of hydrogen-bond acceptors (Lipinski definition) is 2. The van der Waals surface area contributed by atoms with Gasteiger partial charge in [0.2, 0.25) is 0 Å². The number of nitrogens with one attached hydrogen (secondary N) is 1. The Hall–Kier alpha value is -1.98. The van der Waals surface area contributed by atoms with E-state index in [9.17, 15) is 23.5 Å². The highest BCUT2D eigenvalue weighted by atomic mass is 19.2. The molecule has 0 spiro atoms. The van der Waals surface area contributed by atoms with Crippen molar-refractivity contribution in [3.8, 4) is 0 Å². The summed E-state index contributed by atoms with van der Waals surface area (Å²) in [7, 11) is 0. The number of hydrogen-bond donors (Lipinski definition) is 2. The maximum atomic E-state index is 13.5. The predicted molar refractivity (Wildman–Crippen MR) is 69.3 cm³/mol. The quantitative estimate of drug-likeness (QED) is 0.893. The van der Waals surface area contributed by atoms with Gasteiger partial charge in [-0.25, -0.2) is 8.78 Å². The lowest BCUT2D eigenvalue weighted by atomic mass is 9.74. The number of rotatable bonds is 4. The van der Waals surface area contributed by atoms with E-state index in [-0.39, 0.29) is 0 Å². The van der Waals surface area contributed by atoms with Gasteiger partial charge in [0, 0.05) is 0 Å². The Bertz CT molecular complexity index is 553. The average Bonchev–Trinajstić information content (AvgIpc) is 2.31. The van der Waals surface area contributed by atoms with Crippen molar-refractivity contribution in [3.05, 3.63) is 35.4 Å². The van der Waals surface area contributed by atoms with E-state index in [0.717, 1.165) is 12.1 Å². The molecule has 4 nitrogen and oxygen atoms in total. The maximum absolute atomic E-state index is 13.5. The first-order valence-electron chi connectivity index (χ1n) is 6.00. The topological polar surface area (TPSA) is 66.4 Å². The van der Waals surface area contributed by atoms with E-state index in [1.165, 1.54) is 33.8 Å². The van der Waals surface area contributed by atoms with Crippen LogP contribution in [0.5, 0.6) is 0 Å². The molecule has 20 heavy (non-hydrogen) atoms. The second-order valence-electron chi connectivity index (χ2n) is 5.61. The number of carboxylic acids is 1. The van der Waals surface area contributed by atoms with Gasteiger partial charge in [0.25, 0.3) is 5.91 Å². The summed E-state index contributed by atoms with van der Waals surface area (Å²) in [5.41, 5.74) is -2.90. The summed E-state index contributed by atoms with van der Waals surface area (Å²) in [6.07, 6.45) is 0. The van der Waals surface area contributed by atoms with Crippen LogP contribution in [0.15, 0.2) is 18.2 Å². The van der Waals surface area contributed by atoms with E-state index in [4.69, 9.17) is 0 Å². The van der Waals surface area contributed by atoms with Crippen LogP contribution < -0.4 is 5.32 Å². The van der Waals surface area contributed by atoms with Crippen molar-refractivity contribution in [2.24, 2.45) is 5.41 Å². The molecule has 0 saturated carbocycles. The molecule has 0 unspecified atom stereocenters. The zero-order chi connectivity index (χ0) is 15.7. The van der Waals surface area contributed by atoms with Crippen LogP contribution in [0, 0.1) is 17.0 Å². The summed E-state index contributed by atoms with van der Waals surface area (Å²) in [6.45, 7) is 5.90. The minimum absolute atomic E-state index is 0.459. The highest BCUT2D eigenvalue weighted by Gasteiger charge is 2.44. The number of amides is 1. The lowest BCUT2D eigenvalue weighted by Crippen LogP contribution is -2.57. The summed E-state index contributed by atoms with van der Waals surface area (Å²) >= 11 is 0. The molecule has 0 aliphatic rings. The van der Waals surface area contributed by atoms with Crippen molar-refractivity contribution >= 4 is 11.9 Å². The van der Waals surface area contributed by atoms with Crippen molar-refractivity contribution in [1.82, 2.24) is 5.32 Å². The van der Waals surface area contributed by atoms with E-state index < -0.39 is 40.0 Å². The van der Waals surface area contributed by atoms with Gasteiger partial charge in [0.1, 0.15) is 0 Å². The highest BCUT2D eigenvalue weighted by molar-refractivity contribution is 5.95. The molecule has 1 aromatic carbocycles. The van der Waals surface area contributed by atoms with Gasteiger partial charge in [-0.05, 0) is 39.8 Å². The van der Waals surface area contributed by atoms with Crippen molar-refractivity contribution < 1.29 is 23.5 Å². The number of carbonyl (C=O) groups excluding carboxylic acids is 1. The van der Waals surface area contributed by atoms with E-state index >= 15 is 0 Å². The smallest absolute Gasteiger partial charge is 0.311 e. The number of carbonyl (C=O) groups is 2. The molecule has 0 aliphatic carbocycles. The molecule has 0 atom stereocenters. The minimum Gasteiger partial charge on any atom is -0.481 e. The Kier molecular flexibility index (Phi) is 4.17. The third-order valence-electron chi connectivity index (χ3n) is 3.72. The Morgan fingerprint density at radius 1 is 1.15 bits per heavy atom. The number of aliphatic carboxylic acids is 1. The molecular weight excluding hydrogens is 268 g/mol. The second-order valence-corrected chi connectivity index (χ2v) is 5.61. The molecule has 0 aliphatic heterocycles. The van der Waals surface area contributed by atoms with Crippen LogP contribution in [0.1, 0.15) is 38.1 Å². The fourth-order valence-corrected chi connectivity index (χ4v) is 1.45. The van der Waals surface area contributed by atoms with Gasteiger partial charge in [0.05, 0.1) is 16.5 Å². The summed E-state index contributed by atoms with van der Waals surface area (Å²) < 4.78 is 26.6. The first kappa shape index (κ1) is 16.1. The zero-order valence-corrected chi connectivity index (χ0v) is 11.8. The molecule has 0 aromatic heterocycles. The highest BCUT2D eigenvalue weighted by Crippen LogP contribution is 2.31. The molecule has 0 radical (unpaired) electrons. The van der Waals surface area contributed by atoms with Crippen LogP contribution in [0.4, 0.5) is 8.78 Å². The molecule has 0 heterocycles. The maximum Gasteiger partial charge on any atom is 0.311 e. The van der Waals surface area contributed by atoms with E-state index in [1.54, 1.807) is 0 Å². The first-order valence-corrected chi connectivity index (χ1v) is 6.00. The van der Waals surface area contributed by atoms with Crippen molar-refractivity contribution in [2.75, 3.05) is 0 Å². The largest absolute Gasteiger partial charge is 0.481 e. The van der Waals surface area contributed by atoms with Crippen molar-refractivity contribution in [2.45, 2.75) is 33.2 Å². The van der Waals surface area contributed by atoms with Gasteiger partial charge >= 0.3 is 5.97 Å². The summed E-state index contributed by atoms with van der Waals surface area (Å²) in [4.78, 5) is 23.2. The molecule has 1 amide bonds. The van der Waals surface area contributed by atoms with Gasteiger partial charge in [-0.3, -0.25) is 9.59 Å². The standard InChI is InChI=1S/C14H17F2NO3/c1-13(2,12(19)20)14(3,4)17-11(18)8-6-5-7-9(15)10(8)16/h5-7H,1-4H3,(H,17,18)(H,19,20). The predicted octanol–water partition coefficient (Wildman–Crippen LogP) is 2.58. The van der Waals surface area contributed by atoms with E-state index in [1.807, 2.05) is 0 Å². The molecule has 1 rings (SSSR count). The molecule has 0 fully saturated rings. The fourth-order valence-electron chi connectivity index (χ4n) is 1.45. The van der Waals surface area contributed by atoms with Gasteiger partial charge in [-0.1, -0.05) is 6.07 Å². The Labute approximate surface area is 115 Å². The normalized spacial score (nSPS) is 12.1. The zero-order valence-electron chi connectivity index (χ0n) is 11.8. The Balaban J connectivity index is 3.07.